The lowest BCUT2D eigenvalue weighted by Gasteiger charge is -2.15. The van der Waals surface area contributed by atoms with Crippen LogP contribution >= 0.6 is 0 Å². The topological polar surface area (TPSA) is 66.8 Å². The molecule has 1 atom stereocenters. The Hall–Kier alpha value is -1.88. The number of hydrogen-bond donors (Lipinski definition) is 1. The molecule has 1 fully saturated rings. The first-order valence-electron chi connectivity index (χ1n) is 5.45. The molecule has 0 saturated carbocycles. The lowest BCUT2D eigenvalue weighted by molar-refractivity contribution is -0.119. The van der Waals surface area contributed by atoms with E-state index >= 15 is 0 Å². The van der Waals surface area contributed by atoms with Gasteiger partial charge in [-0.3, -0.25) is 9.63 Å². The third kappa shape index (κ3) is 2.29. The number of hydrogen-bond acceptors (Lipinski definition) is 3. The molecule has 0 radical (unpaired) electrons. The first-order valence-corrected chi connectivity index (χ1v) is 5.45. The molecule has 1 aromatic rings. The average molecular weight is 235 g/mol. The van der Waals surface area contributed by atoms with Gasteiger partial charge in [0.1, 0.15) is 0 Å². The summed E-state index contributed by atoms with van der Waals surface area (Å²) in [7, 11) is 0. The van der Waals surface area contributed by atoms with Gasteiger partial charge in [-0.05, 0) is 30.7 Å². The van der Waals surface area contributed by atoms with Crippen molar-refractivity contribution in [3.63, 3.8) is 0 Å². The van der Waals surface area contributed by atoms with Gasteiger partial charge in [0.05, 0.1) is 23.8 Å². The molecule has 5 heteroatoms. The van der Waals surface area contributed by atoms with Gasteiger partial charge in [-0.15, -0.1) is 0 Å². The van der Waals surface area contributed by atoms with Gasteiger partial charge in [0.25, 0.3) is 5.91 Å². The van der Waals surface area contributed by atoms with E-state index in [4.69, 9.17) is 9.94 Å². The van der Waals surface area contributed by atoms with Crippen LogP contribution in [0, 0.1) is 0 Å². The zero-order valence-corrected chi connectivity index (χ0v) is 9.42. The highest BCUT2D eigenvalue weighted by Gasteiger charge is 2.30. The highest BCUT2D eigenvalue weighted by molar-refractivity contribution is 5.94. The Kier molecular flexibility index (Phi) is 3.10. The molecule has 1 unspecified atom stereocenters. The summed E-state index contributed by atoms with van der Waals surface area (Å²) < 4.78 is 0. The first kappa shape index (κ1) is 11.6. The monoisotopic (exact) mass is 235 g/mol. The van der Waals surface area contributed by atoms with Crippen LogP contribution in [-0.2, 0) is 9.63 Å². The predicted molar refractivity (Wildman–Crippen MR) is 60.7 cm³/mol. The molecule has 17 heavy (non-hydrogen) atoms. The maximum absolute atomic E-state index is 11.6. The number of carbonyl (C=O) groups is 2. The molecule has 1 amide bonds. The Bertz CT molecular complexity index is 440. The maximum atomic E-state index is 11.6. The molecule has 0 spiro atoms. The number of carbonyl (C=O) groups excluding carboxylic acids is 1. The Labute approximate surface area is 98.6 Å². The van der Waals surface area contributed by atoms with Crippen molar-refractivity contribution in [3.05, 3.63) is 29.8 Å². The summed E-state index contributed by atoms with van der Waals surface area (Å²) in [6.07, 6.45) is 1.06. The van der Waals surface area contributed by atoms with E-state index in [9.17, 15) is 9.59 Å². The summed E-state index contributed by atoms with van der Waals surface area (Å²) in [6, 6.07) is 6.04. The van der Waals surface area contributed by atoms with Crippen molar-refractivity contribution in [2.24, 2.45) is 0 Å². The second-order valence-electron chi connectivity index (χ2n) is 3.88. The second kappa shape index (κ2) is 4.55. The largest absolute Gasteiger partial charge is 0.478 e. The minimum atomic E-state index is -0.989. The van der Waals surface area contributed by atoms with Gasteiger partial charge in [0, 0.05) is 0 Å². The fourth-order valence-electron chi connectivity index (χ4n) is 1.69. The molecule has 1 heterocycles. The minimum Gasteiger partial charge on any atom is -0.478 e. The molecule has 90 valence electrons. The smallest absolute Gasteiger partial charge is 0.335 e. The lowest BCUT2D eigenvalue weighted by Crippen LogP contribution is -2.22. The summed E-state index contributed by atoms with van der Waals surface area (Å²) in [4.78, 5) is 27.8. The predicted octanol–water partition coefficient (Wildman–Crippen LogP) is 1.83. The van der Waals surface area contributed by atoms with Crippen LogP contribution in [0.5, 0.6) is 0 Å². The van der Waals surface area contributed by atoms with E-state index < -0.39 is 5.97 Å². The number of nitrogens with zero attached hydrogens (tertiary/aromatic N) is 1. The fourth-order valence-corrected chi connectivity index (χ4v) is 1.69. The zero-order valence-electron chi connectivity index (χ0n) is 9.42. The van der Waals surface area contributed by atoms with E-state index in [1.165, 1.54) is 17.2 Å². The van der Waals surface area contributed by atoms with Crippen LogP contribution in [0.1, 0.15) is 30.1 Å². The van der Waals surface area contributed by atoms with E-state index in [2.05, 4.69) is 0 Å². The van der Waals surface area contributed by atoms with E-state index in [0.717, 1.165) is 6.42 Å². The Morgan fingerprint density at radius 3 is 2.59 bits per heavy atom. The van der Waals surface area contributed by atoms with Crippen LogP contribution in [0.4, 0.5) is 5.69 Å². The van der Waals surface area contributed by atoms with Gasteiger partial charge in [0.2, 0.25) is 0 Å². The minimum absolute atomic E-state index is 0.0818. The van der Waals surface area contributed by atoms with Crippen molar-refractivity contribution >= 4 is 17.6 Å². The molecule has 1 aromatic carbocycles. The number of benzene rings is 1. The molecule has 1 aliphatic heterocycles. The second-order valence-corrected chi connectivity index (χ2v) is 3.88. The van der Waals surface area contributed by atoms with Crippen LogP contribution in [-0.4, -0.2) is 23.1 Å². The van der Waals surface area contributed by atoms with Gasteiger partial charge in [-0.25, -0.2) is 4.79 Å². The Morgan fingerprint density at radius 1 is 1.47 bits per heavy atom. The molecular weight excluding hydrogens is 222 g/mol. The molecule has 2 rings (SSSR count). The van der Waals surface area contributed by atoms with Gasteiger partial charge in [-0.2, -0.15) is 5.06 Å². The number of carboxylic acids is 1. The van der Waals surface area contributed by atoms with E-state index in [-0.39, 0.29) is 17.6 Å². The van der Waals surface area contributed by atoms with E-state index in [0.29, 0.717) is 12.1 Å². The number of amides is 1. The van der Waals surface area contributed by atoms with Crippen LogP contribution < -0.4 is 5.06 Å². The molecule has 1 aliphatic rings. The summed E-state index contributed by atoms with van der Waals surface area (Å²) in [5.74, 6) is -1.09. The van der Waals surface area contributed by atoms with Crippen molar-refractivity contribution in [1.29, 1.82) is 0 Å². The Balaban J connectivity index is 2.18. The standard InChI is InChI=1S/C12H13NO4/c1-2-10-7-11(14)13(17-10)9-5-3-8(4-6-9)12(15)16/h3-6,10H,2,7H2,1H3,(H,15,16). The summed E-state index contributed by atoms with van der Waals surface area (Å²) >= 11 is 0. The van der Waals surface area contributed by atoms with Gasteiger partial charge in [0.15, 0.2) is 0 Å². The number of anilines is 1. The Morgan fingerprint density at radius 2 is 2.12 bits per heavy atom. The van der Waals surface area contributed by atoms with E-state index in [1.54, 1.807) is 12.1 Å². The van der Waals surface area contributed by atoms with Crippen LogP contribution in [0.25, 0.3) is 0 Å². The normalized spacial score (nSPS) is 19.7. The molecule has 5 nitrogen and oxygen atoms in total. The third-order valence-electron chi connectivity index (χ3n) is 2.69. The van der Waals surface area contributed by atoms with Gasteiger partial charge in [-0.1, -0.05) is 6.92 Å². The van der Waals surface area contributed by atoms with Crippen LogP contribution in [0.2, 0.25) is 0 Å². The van der Waals surface area contributed by atoms with Crippen molar-refractivity contribution in [2.75, 3.05) is 5.06 Å². The summed E-state index contributed by atoms with van der Waals surface area (Å²) in [5.41, 5.74) is 0.753. The molecule has 0 aliphatic carbocycles. The SMILES string of the molecule is CCC1CC(=O)N(c2ccc(C(=O)O)cc2)O1. The first-order chi connectivity index (χ1) is 8.11. The van der Waals surface area contributed by atoms with Crippen molar-refractivity contribution in [1.82, 2.24) is 0 Å². The molecule has 0 aromatic heterocycles. The highest BCUT2D eigenvalue weighted by Crippen LogP contribution is 2.25. The number of carboxylic acid groups (broad SMARTS) is 1. The van der Waals surface area contributed by atoms with Crippen molar-refractivity contribution in [3.8, 4) is 0 Å². The molecule has 1 N–H and O–H groups in total. The number of rotatable bonds is 3. The zero-order chi connectivity index (χ0) is 12.4. The summed E-state index contributed by atoms with van der Waals surface area (Å²) in [6.45, 7) is 1.95. The molecule has 0 bridgehead atoms. The molecular formula is C12H13NO4. The van der Waals surface area contributed by atoms with Gasteiger partial charge < -0.3 is 5.11 Å². The number of aromatic carboxylic acids is 1. The van der Waals surface area contributed by atoms with Crippen molar-refractivity contribution < 1.29 is 19.5 Å². The highest BCUT2D eigenvalue weighted by atomic mass is 16.7. The summed E-state index contributed by atoms with van der Waals surface area (Å²) in [5, 5.41) is 10.00. The lowest BCUT2D eigenvalue weighted by atomic mass is 10.2. The van der Waals surface area contributed by atoms with E-state index in [1.807, 2.05) is 6.92 Å². The third-order valence-corrected chi connectivity index (χ3v) is 2.69. The average Bonchev–Trinajstić information content (AvgIpc) is 2.71. The maximum Gasteiger partial charge on any atom is 0.335 e. The number of hydroxylamine groups is 1. The molecule has 1 saturated heterocycles. The fraction of sp³-hybridized carbons (Fsp3) is 0.333. The van der Waals surface area contributed by atoms with Crippen LogP contribution in [0.15, 0.2) is 24.3 Å². The van der Waals surface area contributed by atoms with Gasteiger partial charge >= 0.3 is 5.97 Å². The quantitative estimate of drug-likeness (QED) is 0.867. The van der Waals surface area contributed by atoms with Crippen molar-refractivity contribution in [2.45, 2.75) is 25.9 Å². The van der Waals surface area contributed by atoms with Crippen LogP contribution in [0.3, 0.4) is 0 Å².